The molecule has 8 heteroatoms. The second-order valence-corrected chi connectivity index (χ2v) is 5.20. The van der Waals surface area contributed by atoms with Gasteiger partial charge >= 0.3 is 0 Å². The maximum Gasteiger partial charge on any atom is 0.226 e. The number of hydrogen-bond donors (Lipinski definition) is 2. The van der Waals surface area contributed by atoms with Crippen LogP contribution < -0.4 is 10.6 Å². The molecule has 2 N–H and O–H groups in total. The Hall–Kier alpha value is -2.51. The predicted octanol–water partition coefficient (Wildman–Crippen LogP) is 2.34. The molecule has 0 aliphatic rings. The highest BCUT2D eigenvalue weighted by molar-refractivity contribution is 5.79. The van der Waals surface area contributed by atoms with Gasteiger partial charge in [-0.3, -0.25) is 0 Å². The third-order valence-electron chi connectivity index (χ3n) is 3.19. The van der Waals surface area contributed by atoms with Crippen LogP contribution in [0.3, 0.4) is 0 Å². The molecule has 0 aliphatic heterocycles. The highest BCUT2D eigenvalue weighted by atomic mass is 19.1. The summed E-state index contributed by atoms with van der Waals surface area (Å²) in [6.07, 6.45) is 1.44. The van der Waals surface area contributed by atoms with E-state index >= 15 is 0 Å². The number of aryl methyl sites for hydroxylation is 2. The van der Waals surface area contributed by atoms with Crippen molar-refractivity contribution in [2.75, 3.05) is 13.1 Å². The second-order valence-electron chi connectivity index (χ2n) is 5.20. The van der Waals surface area contributed by atoms with Gasteiger partial charge in [0.2, 0.25) is 5.89 Å². The zero-order valence-corrected chi connectivity index (χ0v) is 13.8. The van der Waals surface area contributed by atoms with Crippen LogP contribution in [0.25, 0.3) is 0 Å². The van der Waals surface area contributed by atoms with Gasteiger partial charge in [-0.1, -0.05) is 5.16 Å². The summed E-state index contributed by atoms with van der Waals surface area (Å²) in [5, 5.41) is 9.93. The Morgan fingerprint density at radius 2 is 2.12 bits per heavy atom. The first-order valence-electron chi connectivity index (χ1n) is 7.83. The van der Waals surface area contributed by atoms with E-state index in [2.05, 4.69) is 25.8 Å². The molecular weight excluding hydrogens is 316 g/mol. The summed E-state index contributed by atoms with van der Waals surface area (Å²) in [7, 11) is 0. The molecule has 1 aromatic carbocycles. The van der Waals surface area contributed by atoms with Crippen molar-refractivity contribution < 1.29 is 13.3 Å². The molecule has 0 saturated heterocycles. The molecule has 0 radical (unpaired) electrons. The Bertz CT molecular complexity index is 687. The van der Waals surface area contributed by atoms with Gasteiger partial charge in [0.1, 0.15) is 11.6 Å². The number of hydrogen-bond acceptors (Lipinski definition) is 4. The van der Waals surface area contributed by atoms with E-state index < -0.39 is 11.6 Å². The summed E-state index contributed by atoms with van der Waals surface area (Å²) in [6.45, 7) is 5.06. The molecule has 6 nitrogen and oxygen atoms in total. The van der Waals surface area contributed by atoms with E-state index in [9.17, 15) is 8.78 Å². The average Bonchev–Trinajstić information content (AvgIpc) is 2.97. The summed E-state index contributed by atoms with van der Waals surface area (Å²) in [6, 6.07) is 3.35. The van der Waals surface area contributed by atoms with Crippen LogP contribution in [0.2, 0.25) is 0 Å². The van der Waals surface area contributed by atoms with Crippen LogP contribution in [0, 0.1) is 18.6 Å². The van der Waals surface area contributed by atoms with E-state index in [0.717, 1.165) is 24.6 Å². The lowest BCUT2D eigenvalue weighted by Crippen LogP contribution is -2.37. The Labute approximate surface area is 139 Å². The van der Waals surface area contributed by atoms with E-state index in [1.165, 1.54) is 0 Å². The summed E-state index contributed by atoms with van der Waals surface area (Å²) >= 11 is 0. The van der Waals surface area contributed by atoms with Crippen LogP contribution in [0.4, 0.5) is 8.78 Å². The maximum atomic E-state index is 13.6. The molecule has 24 heavy (non-hydrogen) atoms. The van der Waals surface area contributed by atoms with Crippen molar-refractivity contribution in [2.45, 2.75) is 33.2 Å². The molecule has 1 heterocycles. The smallest absolute Gasteiger partial charge is 0.226 e. The van der Waals surface area contributed by atoms with Gasteiger partial charge in [-0.05, 0) is 38.5 Å². The lowest BCUT2D eigenvalue weighted by Gasteiger charge is -2.11. The van der Waals surface area contributed by atoms with E-state index in [1.807, 2.05) is 6.92 Å². The van der Waals surface area contributed by atoms with E-state index in [-0.39, 0.29) is 12.1 Å². The zero-order valence-electron chi connectivity index (χ0n) is 13.8. The van der Waals surface area contributed by atoms with Gasteiger partial charge < -0.3 is 15.2 Å². The fourth-order valence-electron chi connectivity index (χ4n) is 2.06. The van der Waals surface area contributed by atoms with Crippen LogP contribution in [0.15, 0.2) is 27.7 Å². The van der Waals surface area contributed by atoms with Crippen LogP contribution in [-0.4, -0.2) is 29.2 Å². The van der Waals surface area contributed by atoms with E-state index in [0.29, 0.717) is 37.2 Å². The van der Waals surface area contributed by atoms with Gasteiger partial charge in [-0.25, -0.2) is 13.8 Å². The Balaban J connectivity index is 1.85. The Morgan fingerprint density at radius 3 is 2.83 bits per heavy atom. The molecule has 130 valence electrons. The number of benzene rings is 1. The minimum Gasteiger partial charge on any atom is -0.357 e. The molecule has 2 rings (SSSR count). The fourth-order valence-corrected chi connectivity index (χ4v) is 2.06. The van der Waals surface area contributed by atoms with Crippen LogP contribution in [-0.2, 0) is 13.0 Å². The first-order chi connectivity index (χ1) is 11.6. The van der Waals surface area contributed by atoms with Gasteiger partial charge in [-0.15, -0.1) is 0 Å². The van der Waals surface area contributed by atoms with Crippen molar-refractivity contribution in [3.63, 3.8) is 0 Å². The summed E-state index contributed by atoms with van der Waals surface area (Å²) in [5.41, 5.74) is 0.216. The van der Waals surface area contributed by atoms with Crippen LogP contribution in [0.5, 0.6) is 0 Å². The van der Waals surface area contributed by atoms with Crippen molar-refractivity contribution in [3.8, 4) is 0 Å². The topological polar surface area (TPSA) is 75.3 Å². The lowest BCUT2D eigenvalue weighted by molar-refractivity contribution is 0.372. The first-order valence-corrected chi connectivity index (χ1v) is 7.83. The van der Waals surface area contributed by atoms with Crippen molar-refractivity contribution in [1.82, 2.24) is 20.8 Å². The first kappa shape index (κ1) is 17.8. The van der Waals surface area contributed by atoms with Crippen LogP contribution >= 0.6 is 0 Å². The molecule has 2 aromatic rings. The molecular formula is C16H21F2N5O. The minimum absolute atomic E-state index is 0.0573. The fraction of sp³-hybridized carbons (Fsp3) is 0.438. The number of rotatable bonds is 7. The Kier molecular flexibility index (Phi) is 6.65. The van der Waals surface area contributed by atoms with E-state index in [4.69, 9.17) is 4.52 Å². The summed E-state index contributed by atoms with van der Waals surface area (Å²) < 4.78 is 31.8. The molecule has 0 unspecified atom stereocenters. The molecule has 0 spiro atoms. The Morgan fingerprint density at radius 1 is 1.29 bits per heavy atom. The third-order valence-corrected chi connectivity index (χ3v) is 3.19. The number of nitrogens with one attached hydrogen (secondary N) is 2. The van der Waals surface area contributed by atoms with Gasteiger partial charge in [0.05, 0.1) is 6.54 Å². The summed E-state index contributed by atoms with van der Waals surface area (Å²) in [4.78, 5) is 8.40. The van der Waals surface area contributed by atoms with E-state index in [1.54, 1.807) is 6.92 Å². The number of aliphatic imine (C=N–C) groups is 1. The molecule has 0 saturated carbocycles. The van der Waals surface area contributed by atoms with Gasteiger partial charge in [0.15, 0.2) is 11.8 Å². The van der Waals surface area contributed by atoms with Gasteiger partial charge in [0.25, 0.3) is 0 Å². The molecule has 0 bridgehead atoms. The predicted molar refractivity (Wildman–Crippen MR) is 86.5 cm³/mol. The van der Waals surface area contributed by atoms with Crippen molar-refractivity contribution in [2.24, 2.45) is 4.99 Å². The monoisotopic (exact) mass is 337 g/mol. The SMILES string of the molecule is CCNC(=NCc1cc(F)ccc1F)NCCCc1nc(C)no1. The molecule has 0 aliphatic carbocycles. The van der Waals surface area contributed by atoms with Crippen molar-refractivity contribution >= 4 is 5.96 Å². The third kappa shape index (κ3) is 5.60. The number of halogens is 2. The number of aromatic nitrogens is 2. The second kappa shape index (κ2) is 8.95. The normalized spacial score (nSPS) is 11.6. The molecule has 0 amide bonds. The molecule has 0 atom stereocenters. The highest BCUT2D eigenvalue weighted by Gasteiger charge is 2.05. The lowest BCUT2D eigenvalue weighted by atomic mass is 10.2. The highest BCUT2D eigenvalue weighted by Crippen LogP contribution is 2.10. The minimum atomic E-state index is -0.477. The largest absolute Gasteiger partial charge is 0.357 e. The van der Waals surface area contributed by atoms with Gasteiger partial charge in [0, 0.05) is 25.1 Å². The standard InChI is InChI=1S/C16H21F2N5O/c1-3-19-16(20-8-4-5-15-22-11(2)23-24-15)21-10-12-9-13(17)6-7-14(12)18/h6-7,9H,3-5,8,10H2,1-2H3,(H2,19,20,21). The zero-order chi connectivity index (χ0) is 17.4. The van der Waals surface area contributed by atoms with Crippen molar-refractivity contribution in [3.05, 3.63) is 47.1 Å². The molecule has 1 aromatic heterocycles. The molecule has 0 fully saturated rings. The van der Waals surface area contributed by atoms with Crippen molar-refractivity contribution in [1.29, 1.82) is 0 Å². The van der Waals surface area contributed by atoms with Gasteiger partial charge in [-0.2, -0.15) is 4.98 Å². The number of guanidine groups is 1. The number of nitrogens with zero attached hydrogens (tertiary/aromatic N) is 3. The maximum absolute atomic E-state index is 13.6. The van der Waals surface area contributed by atoms with Crippen LogP contribution in [0.1, 0.15) is 30.6 Å². The summed E-state index contributed by atoms with van der Waals surface area (Å²) in [5.74, 6) is 0.808. The average molecular weight is 337 g/mol. The quantitative estimate of drug-likeness (QED) is 0.461.